The maximum absolute atomic E-state index is 5.59. The number of likely N-dealkylation sites (N-methyl/N-ethyl adjacent to an activating group) is 1. The van der Waals surface area contributed by atoms with Crippen LogP contribution >= 0.6 is 15.9 Å². The molecule has 0 saturated heterocycles. The van der Waals surface area contributed by atoms with Crippen LogP contribution in [0.2, 0.25) is 0 Å². The van der Waals surface area contributed by atoms with E-state index >= 15 is 0 Å². The molecule has 2 rings (SSSR count). The summed E-state index contributed by atoms with van der Waals surface area (Å²) in [5.74, 6) is 1.36. The van der Waals surface area contributed by atoms with Gasteiger partial charge in [0.2, 0.25) is 5.88 Å². The first-order valence-electron chi connectivity index (χ1n) is 5.49. The lowest BCUT2D eigenvalue weighted by molar-refractivity contribution is 0.226. The first-order valence-corrected chi connectivity index (χ1v) is 6.28. The number of aromatic nitrogens is 2. The number of rotatable bonds is 5. The molecule has 0 bridgehead atoms. The van der Waals surface area contributed by atoms with Gasteiger partial charge in [-0.1, -0.05) is 0 Å². The van der Waals surface area contributed by atoms with Crippen molar-refractivity contribution in [2.75, 3.05) is 20.2 Å². The summed E-state index contributed by atoms with van der Waals surface area (Å²) in [6, 6.07) is 2.58. The summed E-state index contributed by atoms with van der Waals surface area (Å²) in [4.78, 5) is 10.7. The number of hydrogen-bond acceptors (Lipinski definition) is 4. The van der Waals surface area contributed by atoms with E-state index in [9.17, 15) is 0 Å². The van der Waals surface area contributed by atoms with Crippen molar-refractivity contribution in [1.29, 1.82) is 0 Å². The molecule has 0 N–H and O–H groups in total. The fourth-order valence-corrected chi connectivity index (χ4v) is 2.02. The Labute approximate surface area is 104 Å². The maximum Gasteiger partial charge on any atom is 0.217 e. The van der Waals surface area contributed by atoms with Crippen molar-refractivity contribution in [1.82, 2.24) is 14.9 Å². The normalized spacial score (nSPS) is 15.5. The van der Waals surface area contributed by atoms with Gasteiger partial charge in [0, 0.05) is 18.7 Å². The molecule has 16 heavy (non-hydrogen) atoms. The Morgan fingerprint density at radius 1 is 1.50 bits per heavy atom. The summed E-state index contributed by atoms with van der Waals surface area (Å²) in [7, 11) is 2.14. The second-order valence-corrected chi connectivity index (χ2v) is 4.95. The monoisotopic (exact) mass is 285 g/mol. The second-order valence-electron chi connectivity index (χ2n) is 4.14. The van der Waals surface area contributed by atoms with Crippen LogP contribution < -0.4 is 4.74 Å². The molecule has 1 aromatic rings. The van der Waals surface area contributed by atoms with Crippen LogP contribution in [0.3, 0.4) is 0 Å². The lowest BCUT2D eigenvalue weighted by atomic mass is 10.5. The van der Waals surface area contributed by atoms with E-state index in [2.05, 4.69) is 37.8 Å². The van der Waals surface area contributed by atoms with Gasteiger partial charge in [-0.05, 0) is 42.7 Å². The van der Waals surface area contributed by atoms with Gasteiger partial charge in [-0.3, -0.25) is 0 Å². The Balaban J connectivity index is 1.79. The van der Waals surface area contributed by atoms with Crippen molar-refractivity contribution < 1.29 is 4.74 Å². The third-order valence-electron chi connectivity index (χ3n) is 2.65. The second kappa shape index (κ2) is 5.10. The van der Waals surface area contributed by atoms with Crippen molar-refractivity contribution in [2.45, 2.75) is 25.8 Å². The predicted molar refractivity (Wildman–Crippen MR) is 65.6 cm³/mol. The number of halogens is 1. The third kappa shape index (κ3) is 3.42. The van der Waals surface area contributed by atoms with E-state index in [-0.39, 0.29) is 0 Å². The van der Waals surface area contributed by atoms with E-state index < -0.39 is 0 Å². The standard InChI is InChI=1S/C11H16BrN3O/c1-8-13-10(12)7-11(14-8)16-6-5-15(2)9-3-4-9/h7,9H,3-6H2,1-2H3. The van der Waals surface area contributed by atoms with Gasteiger partial charge in [-0.2, -0.15) is 4.98 Å². The molecule has 88 valence electrons. The minimum Gasteiger partial charge on any atom is -0.476 e. The van der Waals surface area contributed by atoms with Gasteiger partial charge in [0.15, 0.2) is 0 Å². The van der Waals surface area contributed by atoms with E-state index in [1.54, 1.807) is 6.07 Å². The molecule has 0 atom stereocenters. The number of nitrogens with zero attached hydrogens (tertiary/aromatic N) is 3. The van der Waals surface area contributed by atoms with Gasteiger partial charge in [-0.25, -0.2) is 4.98 Å². The van der Waals surface area contributed by atoms with E-state index in [1.165, 1.54) is 12.8 Å². The molecule has 0 spiro atoms. The lowest BCUT2D eigenvalue weighted by Crippen LogP contribution is -2.26. The van der Waals surface area contributed by atoms with Gasteiger partial charge in [-0.15, -0.1) is 0 Å². The van der Waals surface area contributed by atoms with Crippen LogP contribution in [0.4, 0.5) is 0 Å². The first kappa shape index (κ1) is 11.8. The predicted octanol–water partition coefficient (Wildman–Crippen LogP) is 2.02. The van der Waals surface area contributed by atoms with E-state index in [1.807, 2.05) is 6.92 Å². The Morgan fingerprint density at radius 2 is 2.25 bits per heavy atom. The van der Waals surface area contributed by atoms with Crippen molar-refractivity contribution in [3.05, 3.63) is 16.5 Å². The molecule has 1 fully saturated rings. The first-order chi connectivity index (χ1) is 7.65. The number of hydrogen-bond donors (Lipinski definition) is 0. The molecule has 1 aliphatic carbocycles. The fraction of sp³-hybridized carbons (Fsp3) is 0.636. The summed E-state index contributed by atoms with van der Waals surface area (Å²) in [6.07, 6.45) is 2.66. The molecule has 0 aliphatic heterocycles. The topological polar surface area (TPSA) is 38.2 Å². The van der Waals surface area contributed by atoms with Gasteiger partial charge in [0.25, 0.3) is 0 Å². The quantitative estimate of drug-likeness (QED) is 0.776. The fourth-order valence-electron chi connectivity index (χ4n) is 1.57. The summed E-state index contributed by atoms with van der Waals surface area (Å²) >= 11 is 3.33. The average molecular weight is 286 g/mol. The highest BCUT2D eigenvalue weighted by Gasteiger charge is 2.25. The van der Waals surface area contributed by atoms with Crippen LogP contribution in [0, 0.1) is 6.92 Å². The van der Waals surface area contributed by atoms with Crippen molar-refractivity contribution in [3.8, 4) is 5.88 Å². The largest absolute Gasteiger partial charge is 0.476 e. The molecule has 4 nitrogen and oxygen atoms in total. The Hall–Kier alpha value is -0.680. The molecular formula is C11H16BrN3O. The summed E-state index contributed by atoms with van der Waals surface area (Å²) in [5.41, 5.74) is 0. The maximum atomic E-state index is 5.59. The highest BCUT2D eigenvalue weighted by Crippen LogP contribution is 2.24. The van der Waals surface area contributed by atoms with E-state index in [4.69, 9.17) is 4.74 Å². The van der Waals surface area contributed by atoms with Crippen molar-refractivity contribution >= 4 is 15.9 Å². The van der Waals surface area contributed by atoms with Crippen LogP contribution in [0.5, 0.6) is 5.88 Å². The minimum atomic E-state index is 0.642. The van der Waals surface area contributed by atoms with Crippen molar-refractivity contribution in [2.24, 2.45) is 0 Å². The Kier molecular flexibility index (Phi) is 3.76. The van der Waals surface area contributed by atoms with Crippen LogP contribution in [0.25, 0.3) is 0 Å². The molecular weight excluding hydrogens is 270 g/mol. The zero-order valence-corrected chi connectivity index (χ0v) is 11.2. The Bertz CT molecular complexity index is 348. The molecule has 0 aromatic carbocycles. The molecule has 0 amide bonds. The molecule has 1 aliphatic rings. The van der Waals surface area contributed by atoms with Gasteiger partial charge >= 0.3 is 0 Å². The molecule has 0 radical (unpaired) electrons. The molecule has 0 unspecified atom stereocenters. The van der Waals surface area contributed by atoms with E-state index in [0.717, 1.165) is 23.0 Å². The highest BCUT2D eigenvalue weighted by atomic mass is 79.9. The van der Waals surface area contributed by atoms with Crippen molar-refractivity contribution in [3.63, 3.8) is 0 Å². The smallest absolute Gasteiger partial charge is 0.217 e. The SMILES string of the molecule is Cc1nc(Br)cc(OCCN(C)C2CC2)n1. The molecule has 1 heterocycles. The average Bonchev–Trinajstić information content (AvgIpc) is 2.98. The molecule has 1 saturated carbocycles. The highest BCUT2D eigenvalue weighted by molar-refractivity contribution is 9.10. The van der Waals surface area contributed by atoms with Crippen LogP contribution in [0.15, 0.2) is 10.7 Å². The zero-order valence-electron chi connectivity index (χ0n) is 9.61. The number of ether oxygens (including phenoxy) is 1. The Morgan fingerprint density at radius 3 is 2.88 bits per heavy atom. The van der Waals surface area contributed by atoms with Crippen LogP contribution in [-0.4, -0.2) is 41.1 Å². The number of aryl methyl sites for hydroxylation is 1. The third-order valence-corrected chi connectivity index (χ3v) is 3.05. The summed E-state index contributed by atoms with van der Waals surface area (Å²) in [6.45, 7) is 3.48. The van der Waals surface area contributed by atoms with Gasteiger partial charge in [0.05, 0.1) is 0 Å². The van der Waals surface area contributed by atoms with Gasteiger partial charge < -0.3 is 9.64 Å². The van der Waals surface area contributed by atoms with Gasteiger partial charge in [0.1, 0.15) is 17.0 Å². The molecule has 5 heteroatoms. The minimum absolute atomic E-state index is 0.642. The summed E-state index contributed by atoms with van der Waals surface area (Å²) in [5, 5.41) is 0. The van der Waals surface area contributed by atoms with E-state index in [0.29, 0.717) is 12.5 Å². The van der Waals surface area contributed by atoms with Crippen LogP contribution in [0.1, 0.15) is 18.7 Å². The summed E-state index contributed by atoms with van der Waals surface area (Å²) < 4.78 is 6.36. The van der Waals surface area contributed by atoms with Crippen LogP contribution in [-0.2, 0) is 0 Å². The molecule has 1 aromatic heterocycles. The zero-order chi connectivity index (χ0) is 11.5. The lowest BCUT2D eigenvalue weighted by Gasteiger charge is -2.15.